The zero-order valence-corrected chi connectivity index (χ0v) is 11.5. The Bertz CT molecular complexity index is 360. The summed E-state index contributed by atoms with van der Waals surface area (Å²) in [5.41, 5.74) is 1.20. The highest BCUT2D eigenvalue weighted by molar-refractivity contribution is 5.53. The van der Waals surface area contributed by atoms with E-state index in [-0.39, 0.29) is 0 Å². The van der Waals surface area contributed by atoms with Crippen LogP contribution in [0.5, 0.6) is 17.2 Å². The van der Waals surface area contributed by atoms with Gasteiger partial charge in [-0.15, -0.1) is 6.58 Å². The number of unbranched alkanes of at least 4 members (excludes halogenated alkanes) is 2. The number of ether oxygens (including phenoxy) is 3. The van der Waals surface area contributed by atoms with Gasteiger partial charge in [-0.3, -0.25) is 0 Å². The molecule has 0 unspecified atom stereocenters. The van der Waals surface area contributed by atoms with E-state index >= 15 is 0 Å². The third-order valence-corrected chi connectivity index (χ3v) is 2.85. The predicted octanol–water partition coefficient (Wildman–Crippen LogP) is 3.61. The molecular weight excluding hydrogens is 228 g/mol. The molecule has 0 bridgehead atoms. The zero-order chi connectivity index (χ0) is 13.4. The molecule has 18 heavy (non-hydrogen) atoms. The van der Waals surface area contributed by atoms with Gasteiger partial charge in [-0.2, -0.15) is 0 Å². The zero-order valence-electron chi connectivity index (χ0n) is 11.5. The molecule has 1 aromatic carbocycles. The lowest BCUT2D eigenvalue weighted by atomic mass is 10.1. The van der Waals surface area contributed by atoms with E-state index in [2.05, 4.69) is 6.58 Å². The Balaban J connectivity index is 2.82. The summed E-state index contributed by atoms with van der Waals surface area (Å²) in [6.45, 7) is 3.73. The molecule has 0 aliphatic heterocycles. The summed E-state index contributed by atoms with van der Waals surface area (Å²) >= 11 is 0. The summed E-state index contributed by atoms with van der Waals surface area (Å²) in [6, 6.07) is 4.02. The van der Waals surface area contributed by atoms with Crippen molar-refractivity contribution in [2.24, 2.45) is 0 Å². The third-order valence-electron chi connectivity index (χ3n) is 2.85. The Labute approximate surface area is 109 Å². The van der Waals surface area contributed by atoms with Crippen molar-refractivity contribution < 1.29 is 14.2 Å². The van der Waals surface area contributed by atoms with Gasteiger partial charge in [0.1, 0.15) is 0 Å². The van der Waals surface area contributed by atoms with Gasteiger partial charge in [0.25, 0.3) is 0 Å². The van der Waals surface area contributed by atoms with Crippen LogP contribution in [0.15, 0.2) is 24.8 Å². The Morgan fingerprint density at radius 2 is 1.61 bits per heavy atom. The largest absolute Gasteiger partial charge is 0.493 e. The molecule has 3 nitrogen and oxygen atoms in total. The topological polar surface area (TPSA) is 27.7 Å². The van der Waals surface area contributed by atoms with Gasteiger partial charge in [0, 0.05) is 0 Å². The van der Waals surface area contributed by atoms with Gasteiger partial charge < -0.3 is 14.2 Å². The van der Waals surface area contributed by atoms with Gasteiger partial charge in [-0.25, -0.2) is 0 Å². The van der Waals surface area contributed by atoms with Gasteiger partial charge in [0.15, 0.2) is 11.5 Å². The van der Waals surface area contributed by atoms with E-state index in [1.165, 1.54) is 5.56 Å². The molecule has 100 valence electrons. The lowest BCUT2D eigenvalue weighted by Gasteiger charge is -2.14. The fourth-order valence-corrected chi connectivity index (χ4v) is 1.90. The molecule has 0 fully saturated rings. The van der Waals surface area contributed by atoms with Crippen LogP contribution in [0.2, 0.25) is 0 Å². The average Bonchev–Trinajstić information content (AvgIpc) is 2.42. The van der Waals surface area contributed by atoms with Crippen LogP contribution in [-0.4, -0.2) is 21.3 Å². The predicted molar refractivity (Wildman–Crippen MR) is 73.9 cm³/mol. The van der Waals surface area contributed by atoms with Crippen LogP contribution in [0.25, 0.3) is 0 Å². The van der Waals surface area contributed by atoms with Crippen molar-refractivity contribution in [3.05, 3.63) is 30.4 Å². The Hall–Kier alpha value is -1.64. The number of methoxy groups -OCH3 is 3. The molecule has 0 heterocycles. The van der Waals surface area contributed by atoms with Crippen LogP contribution < -0.4 is 14.2 Å². The lowest BCUT2D eigenvalue weighted by molar-refractivity contribution is 0.323. The first-order valence-corrected chi connectivity index (χ1v) is 6.16. The van der Waals surface area contributed by atoms with Gasteiger partial charge in [0.2, 0.25) is 5.75 Å². The maximum absolute atomic E-state index is 5.33. The molecular formula is C15H22O3. The molecule has 0 saturated carbocycles. The van der Waals surface area contributed by atoms with Crippen LogP contribution in [0.1, 0.15) is 24.8 Å². The summed E-state index contributed by atoms with van der Waals surface area (Å²) in [6.07, 6.45) is 6.30. The summed E-state index contributed by atoms with van der Waals surface area (Å²) < 4.78 is 15.9. The number of benzene rings is 1. The second-order valence-corrected chi connectivity index (χ2v) is 4.07. The van der Waals surface area contributed by atoms with Gasteiger partial charge in [-0.1, -0.05) is 6.08 Å². The molecule has 1 aromatic rings. The number of hydrogen-bond donors (Lipinski definition) is 0. The van der Waals surface area contributed by atoms with Crippen molar-refractivity contribution in [3.63, 3.8) is 0 Å². The number of allylic oxidation sites excluding steroid dienone is 1. The molecule has 0 N–H and O–H groups in total. The maximum atomic E-state index is 5.33. The lowest BCUT2D eigenvalue weighted by Crippen LogP contribution is -1.97. The highest BCUT2D eigenvalue weighted by Crippen LogP contribution is 2.38. The third kappa shape index (κ3) is 3.69. The van der Waals surface area contributed by atoms with Crippen LogP contribution >= 0.6 is 0 Å². The molecule has 0 aromatic heterocycles. The van der Waals surface area contributed by atoms with Crippen molar-refractivity contribution in [1.82, 2.24) is 0 Å². The summed E-state index contributed by atoms with van der Waals surface area (Å²) in [5.74, 6) is 2.08. The highest BCUT2D eigenvalue weighted by Gasteiger charge is 2.12. The molecule has 0 aliphatic carbocycles. The fraction of sp³-hybridized carbons (Fsp3) is 0.467. The summed E-state index contributed by atoms with van der Waals surface area (Å²) in [5, 5.41) is 0. The first-order chi connectivity index (χ1) is 8.76. The summed E-state index contributed by atoms with van der Waals surface area (Å²) in [4.78, 5) is 0. The quantitative estimate of drug-likeness (QED) is 0.521. The van der Waals surface area contributed by atoms with E-state index < -0.39 is 0 Å². The van der Waals surface area contributed by atoms with Crippen molar-refractivity contribution in [3.8, 4) is 17.2 Å². The van der Waals surface area contributed by atoms with Crippen LogP contribution in [0.4, 0.5) is 0 Å². The minimum Gasteiger partial charge on any atom is -0.493 e. The second-order valence-electron chi connectivity index (χ2n) is 4.07. The standard InChI is InChI=1S/C15H22O3/c1-5-6-7-8-9-12-10-13(16-2)15(18-4)14(11-12)17-3/h5,10-11H,1,6-9H2,2-4H3. The first-order valence-electron chi connectivity index (χ1n) is 6.16. The normalized spacial score (nSPS) is 9.94. The molecule has 0 aliphatic rings. The van der Waals surface area contributed by atoms with Crippen LogP contribution in [0.3, 0.4) is 0 Å². The smallest absolute Gasteiger partial charge is 0.203 e. The molecule has 3 heteroatoms. The maximum Gasteiger partial charge on any atom is 0.203 e. The molecule has 1 rings (SSSR count). The Morgan fingerprint density at radius 3 is 2.06 bits per heavy atom. The van der Waals surface area contributed by atoms with E-state index in [0.717, 1.165) is 37.2 Å². The Kier molecular flexibility index (Phi) is 6.12. The van der Waals surface area contributed by atoms with E-state index in [1.807, 2.05) is 18.2 Å². The minimum absolute atomic E-state index is 0.648. The molecule has 0 radical (unpaired) electrons. The van der Waals surface area contributed by atoms with Crippen LogP contribution in [-0.2, 0) is 6.42 Å². The van der Waals surface area contributed by atoms with Crippen molar-refractivity contribution in [1.29, 1.82) is 0 Å². The Morgan fingerprint density at radius 1 is 1.00 bits per heavy atom. The second kappa shape index (κ2) is 7.64. The van der Waals surface area contributed by atoms with Crippen molar-refractivity contribution >= 4 is 0 Å². The molecule has 0 amide bonds. The first kappa shape index (κ1) is 14.4. The fourth-order valence-electron chi connectivity index (χ4n) is 1.90. The molecule has 0 saturated heterocycles. The summed E-state index contributed by atoms with van der Waals surface area (Å²) in [7, 11) is 4.89. The minimum atomic E-state index is 0.648. The SMILES string of the molecule is C=CCCCCc1cc(OC)c(OC)c(OC)c1. The van der Waals surface area contributed by atoms with Crippen molar-refractivity contribution in [2.75, 3.05) is 21.3 Å². The monoisotopic (exact) mass is 250 g/mol. The van der Waals surface area contributed by atoms with E-state index in [1.54, 1.807) is 21.3 Å². The molecule has 0 atom stereocenters. The molecule has 0 spiro atoms. The highest BCUT2D eigenvalue weighted by atomic mass is 16.5. The van der Waals surface area contributed by atoms with Gasteiger partial charge in [0.05, 0.1) is 21.3 Å². The van der Waals surface area contributed by atoms with E-state index in [4.69, 9.17) is 14.2 Å². The van der Waals surface area contributed by atoms with Gasteiger partial charge in [-0.05, 0) is 43.4 Å². The number of aryl methyl sites for hydroxylation is 1. The van der Waals surface area contributed by atoms with E-state index in [9.17, 15) is 0 Å². The number of hydrogen-bond acceptors (Lipinski definition) is 3. The number of rotatable bonds is 8. The van der Waals surface area contributed by atoms with Crippen LogP contribution in [0, 0.1) is 0 Å². The average molecular weight is 250 g/mol. The van der Waals surface area contributed by atoms with Gasteiger partial charge >= 0.3 is 0 Å². The van der Waals surface area contributed by atoms with E-state index in [0.29, 0.717) is 5.75 Å². The van der Waals surface area contributed by atoms with Crippen molar-refractivity contribution in [2.45, 2.75) is 25.7 Å².